The largest absolute Gasteiger partial charge is 0.493 e. The van der Waals surface area contributed by atoms with Crippen molar-refractivity contribution in [3.63, 3.8) is 0 Å². The molecular formula is C22H23ClF3N3O3. The number of ether oxygens (including phenoxy) is 1. The van der Waals surface area contributed by atoms with Gasteiger partial charge in [0.1, 0.15) is 5.75 Å². The number of amides is 2. The Balaban J connectivity index is 1.69. The van der Waals surface area contributed by atoms with Crippen molar-refractivity contribution in [1.29, 1.82) is 0 Å². The molecular weight excluding hydrogens is 447 g/mol. The maximum atomic E-state index is 13.2. The molecule has 1 aliphatic rings. The first-order chi connectivity index (χ1) is 15.2. The van der Waals surface area contributed by atoms with Crippen molar-refractivity contribution in [3.8, 4) is 5.75 Å². The average molecular weight is 470 g/mol. The van der Waals surface area contributed by atoms with E-state index in [-0.39, 0.29) is 24.7 Å². The number of carbonyl (C=O) groups is 1. The molecule has 6 nitrogen and oxygen atoms in total. The third kappa shape index (κ3) is 5.72. The summed E-state index contributed by atoms with van der Waals surface area (Å²) in [6, 6.07) is 4.51. The summed E-state index contributed by atoms with van der Waals surface area (Å²) in [5, 5.41) is 12.2. The highest BCUT2D eigenvalue weighted by Crippen LogP contribution is 2.38. The van der Waals surface area contributed by atoms with Gasteiger partial charge in [-0.2, -0.15) is 13.2 Å². The van der Waals surface area contributed by atoms with Gasteiger partial charge in [0.15, 0.2) is 0 Å². The molecule has 2 heterocycles. The van der Waals surface area contributed by atoms with Gasteiger partial charge in [-0.05, 0) is 42.2 Å². The Hall–Kier alpha value is -2.78. The number of anilines is 1. The van der Waals surface area contributed by atoms with E-state index in [0.717, 1.165) is 11.6 Å². The highest BCUT2D eigenvalue weighted by atomic mass is 35.5. The first-order valence-corrected chi connectivity index (χ1v) is 10.5. The number of pyridine rings is 1. The highest BCUT2D eigenvalue weighted by Gasteiger charge is 2.34. The molecule has 0 saturated heterocycles. The van der Waals surface area contributed by atoms with Crippen LogP contribution in [0.25, 0.3) is 5.57 Å². The number of nitrogens with zero attached hydrogens (tertiary/aromatic N) is 2. The van der Waals surface area contributed by atoms with E-state index in [2.05, 4.69) is 10.3 Å². The summed E-state index contributed by atoms with van der Waals surface area (Å²) in [5.41, 5.74) is 1.42. The number of aliphatic hydroxyl groups excluding tert-OH is 1. The molecule has 0 saturated carbocycles. The molecule has 0 bridgehead atoms. The van der Waals surface area contributed by atoms with Crippen molar-refractivity contribution in [2.24, 2.45) is 0 Å². The van der Waals surface area contributed by atoms with E-state index >= 15 is 0 Å². The van der Waals surface area contributed by atoms with Crippen LogP contribution in [0, 0.1) is 0 Å². The third-order valence-corrected chi connectivity index (χ3v) is 5.17. The van der Waals surface area contributed by atoms with Crippen LogP contribution in [0.5, 0.6) is 5.75 Å². The van der Waals surface area contributed by atoms with Gasteiger partial charge in [-0.25, -0.2) is 4.79 Å². The minimum Gasteiger partial charge on any atom is -0.493 e. The summed E-state index contributed by atoms with van der Waals surface area (Å²) in [4.78, 5) is 18.4. The van der Waals surface area contributed by atoms with Gasteiger partial charge in [0.05, 0.1) is 29.5 Å². The fourth-order valence-corrected chi connectivity index (χ4v) is 3.55. The van der Waals surface area contributed by atoms with Crippen molar-refractivity contribution >= 4 is 28.9 Å². The lowest BCUT2D eigenvalue weighted by Gasteiger charge is -2.27. The Morgan fingerprint density at radius 2 is 2.12 bits per heavy atom. The molecule has 32 heavy (non-hydrogen) atoms. The normalized spacial score (nSPS) is 14.2. The second-order valence-corrected chi connectivity index (χ2v) is 7.65. The number of alkyl halides is 3. The number of rotatable bonds is 6. The van der Waals surface area contributed by atoms with Crippen LogP contribution in [0.4, 0.5) is 23.7 Å². The van der Waals surface area contributed by atoms with Crippen LogP contribution >= 0.6 is 11.6 Å². The molecule has 3 rings (SSSR count). The Morgan fingerprint density at radius 1 is 1.34 bits per heavy atom. The molecule has 1 aromatic heterocycles. The van der Waals surface area contributed by atoms with Crippen LogP contribution in [0.1, 0.15) is 36.6 Å². The van der Waals surface area contributed by atoms with Gasteiger partial charge >= 0.3 is 12.2 Å². The van der Waals surface area contributed by atoms with Crippen molar-refractivity contribution in [2.45, 2.75) is 32.5 Å². The minimum atomic E-state index is -4.55. The van der Waals surface area contributed by atoms with Gasteiger partial charge in [0.2, 0.25) is 0 Å². The quantitative estimate of drug-likeness (QED) is 0.597. The number of nitrogens with one attached hydrogen (secondary N) is 1. The zero-order valence-corrected chi connectivity index (χ0v) is 18.1. The number of carbonyl (C=O) groups excluding carboxylic acids is 1. The fourth-order valence-electron chi connectivity index (χ4n) is 3.24. The Morgan fingerprint density at radius 3 is 2.72 bits per heavy atom. The van der Waals surface area contributed by atoms with Gasteiger partial charge < -0.3 is 20.1 Å². The van der Waals surface area contributed by atoms with Gasteiger partial charge in [-0.15, -0.1) is 0 Å². The topological polar surface area (TPSA) is 74.7 Å². The van der Waals surface area contributed by atoms with Crippen LogP contribution in [-0.4, -0.2) is 40.7 Å². The molecule has 0 aliphatic carbocycles. The number of hydrogen-bond donors (Lipinski definition) is 2. The smallest absolute Gasteiger partial charge is 0.419 e. The molecule has 1 aliphatic heterocycles. The van der Waals surface area contributed by atoms with Crippen molar-refractivity contribution < 1.29 is 27.8 Å². The lowest BCUT2D eigenvalue weighted by molar-refractivity contribution is -0.138. The molecule has 1 aromatic carbocycles. The molecule has 2 aromatic rings. The van der Waals surface area contributed by atoms with Gasteiger partial charge in [-0.3, -0.25) is 4.98 Å². The third-order valence-electron chi connectivity index (χ3n) is 4.88. The van der Waals surface area contributed by atoms with Crippen LogP contribution in [0.2, 0.25) is 5.02 Å². The van der Waals surface area contributed by atoms with E-state index < -0.39 is 17.8 Å². The van der Waals surface area contributed by atoms with E-state index in [9.17, 15) is 18.0 Å². The maximum Gasteiger partial charge on any atom is 0.419 e. The monoisotopic (exact) mass is 469 g/mol. The Labute approximate surface area is 188 Å². The molecule has 172 valence electrons. The predicted molar refractivity (Wildman–Crippen MR) is 116 cm³/mol. The molecule has 10 heteroatoms. The van der Waals surface area contributed by atoms with Gasteiger partial charge in [0, 0.05) is 31.0 Å². The summed E-state index contributed by atoms with van der Waals surface area (Å²) in [6.45, 7) is 2.45. The number of aliphatic hydroxyl groups is 1. The minimum absolute atomic E-state index is 0.135. The number of halogens is 4. The zero-order valence-electron chi connectivity index (χ0n) is 17.4. The molecule has 0 atom stereocenters. The highest BCUT2D eigenvalue weighted by molar-refractivity contribution is 6.32. The number of benzene rings is 1. The molecule has 0 unspecified atom stereocenters. The van der Waals surface area contributed by atoms with Crippen LogP contribution in [0.3, 0.4) is 0 Å². The molecule has 2 N–H and O–H groups in total. The number of urea groups is 1. The number of hydrogen-bond acceptors (Lipinski definition) is 4. The van der Waals surface area contributed by atoms with E-state index in [0.29, 0.717) is 42.2 Å². The first-order valence-electron chi connectivity index (χ1n) is 10.1. The molecule has 0 spiro atoms. The lowest BCUT2D eigenvalue weighted by atomic mass is 10.0. The van der Waals surface area contributed by atoms with Crippen molar-refractivity contribution in [2.75, 3.05) is 25.0 Å². The molecule has 0 radical (unpaired) electrons. The predicted octanol–water partition coefficient (Wildman–Crippen LogP) is 5.36. The van der Waals surface area contributed by atoms with E-state index in [4.69, 9.17) is 21.4 Å². The fraction of sp³-hybridized carbons (Fsp3) is 0.364. The van der Waals surface area contributed by atoms with Crippen molar-refractivity contribution in [1.82, 2.24) is 9.88 Å². The van der Waals surface area contributed by atoms with Crippen LogP contribution in [0.15, 0.2) is 36.5 Å². The van der Waals surface area contributed by atoms with E-state index in [1.807, 2.05) is 6.08 Å². The van der Waals surface area contributed by atoms with Gasteiger partial charge in [-0.1, -0.05) is 24.6 Å². The molecule has 2 amide bonds. The zero-order chi connectivity index (χ0) is 23.3. The molecule has 0 fully saturated rings. The second kappa shape index (κ2) is 10.2. The van der Waals surface area contributed by atoms with Crippen LogP contribution < -0.4 is 10.1 Å². The summed E-state index contributed by atoms with van der Waals surface area (Å²) in [6.07, 6.45) is -0.110. The van der Waals surface area contributed by atoms with Gasteiger partial charge in [0.25, 0.3) is 0 Å². The van der Waals surface area contributed by atoms with Crippen molar-refractivity contribution in [3.05, 3.63) is 58.4 Å². The summed E-state index contributed by atoms with van der Waals surface area (Å²) in [5.74, 6) is -0.315. The van der Waals surface area contributed by atoms with E-state index in [1.165, 1.54) is 17.0 Å². The summed E-state index contributed by atoms with van der Waals surface area (Å²) >= 11 is 6.24. The SMILES string of the molecule is CCCOc1cc(NC(=O)N2CC=C(c3ncc(CO)cc3Cl)CC2)ccc1C(F)(F)F. The number of aromatic nitrogens is 1. The first kappa shape index (κ1) is 23.9. The Kier molecular flexibility index (Phi) is 7.63. The summed E-state index contributed by atoms with van der Waals surface area (Å²) in [7, 11) is 0. The summed E-state index contributed by atoms with van der Waals surface area (Å²) < 4.78 is 44.8. The van der Waals surface area contributed by atoms with Crippen LogP contribution in [-0.2, 0) is 12.8 Å². The lowest BCUT2D eigenvalue weighted by Crippen LogP contribution is -2.38. The average Bonchev–Trinajstić information content (AvgIpc) is 2.77. The second-order valence-electron chi connectivity index (χ2n) is 7.24. The Bertz CT molecular complexity index is 1010. The standard InChI is InChI=1S/C22H23ClF3N3O3/c1-2-9-32-19-11-16(3-4-17(19)22(24,25)26)28-21(31)29-7-5-15(6-8-29)20-18(23)10-14(13-30)12-27-20/h3-5,10-12,30H,2,6-9,13H2,1H3,(H,28,31). The van der Waals surface area contributed by atoms with E-state index in [1.54, 1.807) is 19.2 Å². The maximum absolute atomic E-state index is 13.2.